The molecule has 32 heavy (non-hydrogen) atoms. The van der Waals surface area contributed by atoms with Gasteiger partial charge in [0.05, 0.1) is 12.3 Å². The predicted octanol–water partition coefficient (Wildman–Crippen LogP) is 3.80. The van der Waals surface area contributed by atoms with E-state index in [0.29, 0.717) is 24.4 Å². The normalized spacial score (nSPS) is 28.3. The largest absolute Gasteiger partial charge is 0.507 e. The van der Waals surface area contributed by atoms with Crippen LogP contribution < -0.4 is 5.32 Å². The average molecular weight is 439 g/mol. The molecule has 0 aromatic heterocycles. The number of carbonyl (C=O) groups excluding carboxylic acids is 2. The van der Waals surface area contributed by atoms with Gasteiger partial charge in [0.1, 0.15) is 5.75 Å². The molecule has 2 aliphatic carbocycles. The molecule has 2 aliphatic heterocycles. The van der Waals surface area contributed by atoms with Gasteiger partial charge in [0, 0.05) is 30.6 Å². The first-order valence-corrected chi connectivity index (χ1v) is 12.4. The number of imide groups is 1. The van der Waals surface area contributed by atoms with Crippen molar-refractivity contribution < 1.29 is 14.7 Å². The smallest absolute Gasteiger partial charge is 0.329 e. The van der Waals surface area contributed by atoms with Crippen LogP contribution in [-0.4, -0.2) is 63.4 Å². The summed E-state index contributed by atoms with van der Waals surface area (Å²) >= 11 is 0. The highest BCUT2D eigenvalue weighted by Crippen LogP contribution is 2.40. The molecule has 1 atom stereocenters. The average Bonchev–Trinajstić information content (AvgIpc) is 2.95. The lowest BCUT2D eigenvalue weighted by atomic mass is 9.89. The van der Waals surface area contributed by atoms with Gasteiger partial charge in [-0.2, -0.15) is 0 Å². The van der Waals surface area contributed by atoms with Crippen LogP contribution in [0.2, 0.25) is 0 Å². The van der Waals surface area contributed by atoms with Gasteiger partial charge in [0.2, 0.25) is 0 Å². The molecule has 1 unspecified atom stereocenters. The topological polar surface area (TPSA) is 85.2 Å². The third-order valence-corrected chi connectivity index (χ3v) is 7.75. The van der Waals surface area contributed by atoms with Crippen molar-refractivity contribution in [3.63, 3.8) is 0 Å². The summed E-state index contributed by atoms with van der Waals surface area (Å²) in [6.07, 6.45) is 10.6. The minimum atomic E-state index is -1.12. The monoisotopic (exact) mass is 438 g/mol. The van der Waals surface area contributed by atoms with Crippen LogP contribution in [0.25, 0.3) is 0 Å². The van der Waals surface area contributed by atoms with Gasteiger partial charge in [-0.15, -0.1) is 0 Å². The second-order valence-corrected chi connectivity index (χ2v) is 9.72. The summed E-state index contributed by atoms with van der Waals surface area (Å²) in [5.74, 6) is 0.0402. The standard InChI is InChI=1S/C25H34N4O3/c30-22-14-8-7-13-20(22)21-17-25(27-16-15-26-21)23(31)28(18-9-3-1-4-10-18)24(32)29(25)19-11-5-2-6-12-19/h7-8,13-14,18-19,27,30H,1-6,9-12,15-17H2. The molecular weight excluding hydrogens is 404 g/mol. The number of hydrogen-bond acceptors (Lipinski definition) is 5. The van der Waals surface area contributed by atoms with Gasteiger partial charge in [-0.05, 0) is 37.8 Å². The zero-order valence-corrected chi connectivity index (χ0v) is 18.8. The van der Waals surface area contributed by atoms with E-state index in [0.717, 1.165) is 51.4 Å². The van der Waals surface area contributed by atoms with Crippen LogP contribution in [0.15, 0.2) is 29.3 Å². The maximum absolute atomic E-state index is 14.1. The van der Waals surface area contributed by atoms with Crippen molar-refractivity contribution in [3.05, 3.63) is 29.8 Å². The van der Waals surface area contributed by atoms with Crippen molar-refractivity contribution in [1.82, 2.24) is 15.1 Å². The highest BCUT2D eigenvalue weighted by atomic mass is 16.3. The van der Waals surface area contributed by atoms with Crippen molar-refractivity contribution in [1.29, 1.82) is 0 Å². The molecular formula is C25H34N4O3. The van der Waals surface area contributed by atoms with Gasteiger partial charge < -0.3 is 5.11 Å². The Morgan fingerprint density at radius 3 is 2.28 bits per heavy atom. The van der Waals surface area contributed by atoms with Crippen molar-refractivity contribution in [3.8, 4) is 5.75 Å². The summed E-state index contributed by atoms with van der Waals surface area (Å²) < 4.78 is 0. The number of hydrogen-bond donors (Lipinski definition) is 2. The Hall–Kier alpha value is -2.41. The number of para-hydroxylation sites is 1. The maximum Gasteiger partial charge on any atom is 0.329 e. The molecule has 7 heteroatoms. The number of aliphatic imine (C=N–C) groups is 1. The Bertz CT molecular complexity index is 904. The highest BCUT2D eigenvalue weighted by molar-refractivity contribution is 6.12. The van der Waals surface area contributed by atoms with E-state index in [4.69, 9.17) is 4.99 Å². The van der Waals surface area contributed by atoms with Gasteiger partial charge in [0.15, 0.2) is 5.66 Å². The minimum absolute atomic E-state index is 0.00946. The fourth-order valence-corrected chi connectivity index (χ4v) is 6.17. The van der Waals surface area contributed by atoms with Crippen LogP contribution in [0.1, 0.15) is 76.2 Å². The molecule has 2 saturated carbocycles. The van der Waals surface area contributed by atoms with Gasteiger partial charge >= 0.3 is 6.03 Å². The molecule has 1 aromatic rings. The van der Waals surface area contributed by atoms with Crippen LogP contribution in [0.5, 0.6) is 5.75 Å². The van der Waals surface area contributed by atoms with Crippen LogP contribution in [-0.2, 0) is 4.79 Å². The number of benzene rings is 1. The van der Waals surface area contributed by atoms with Crippen molar-refractivity contribution in [2.24, 2.45) is 4.99 Å². The third kappa shape index (κ3) is 3.60. The molecule has 4 aliphatic rings. The second kappa shape index (κ2) is 8.85. The summed E-state index contributed by atoms with van der Waals surface area (Å²) in [5.41, 5.74) is 0.227. The van der Waals surface area contributed by atoms with Gasteiger partial charge in [-0.25, -0.2) is 4.79 Å². The lowest BCUT2D eigenvalue weighted by molar-refractivity contribution is -0.137. The lowest BCUT2D eigenvalue weighted by Crippen LogP contribution is -2.64. The molecule has 5 rings (SSSR count). The molecule has 2 heterocycles. The van der Waals surface area contributed by atoms with Gasteiger partial charge in [-0.3, -0.25) is 24.9 Å². The number of rotatable bonds is 3. The van der Waals surface area contributed by atoms with Crippen LogP contribution in [0.4, 0.5) is 4.79 Å². The molecule has 1 aromatic carbocycles. The Morgan fingerprint density at radius 2 is 1.59 bits per heavy atom. The fraction of sp³-hybridized carbons (Fsp3) is 0.640. The van der Waals surface area contributed by atoms with Crippen LogP contribution in [0.3, 0.4) is 0 Å². The van der Waals surface area contributed by atoms with Gasteiger partial charge in [0.25, 0.3) is 5.91 Å². The summed E-state index contributed by atoms with van der Waals surface area (Å²) in [6, 6.07) is 7.08. The first kappa shape index (κ1) is 21.4. The lowest BCUT2D eigenvalue weighted by Gasteiger charge is -2.41. The number of phenolic OH excluding ortho intramolecular Hbond substituents is 1. The van der Waals surface area contributed by atoms with E-state index in [2.05, 4.69) is 5.32 Å². The molecule has 172 valence electrons. The molecule has 3 fully saturated rings. The molecule has 1 spiro atoms. The Labute approximate surface area is 189 Å². The molecule has 3 amide bonds. The number of aromatic hydroxyl groups is 1. The number of phenols is 1. The van der Waals surface area contributed by atoms with Crippen LogP contribution >= 0.6 is 0 Å². The van der Waals surface area contributed by atoms with E-state index in [1.54, 1.807) is 17.0 Å². The summed E-state index contributed by atoms with van der Waals surface area (Å²) in [6.45, 7) is 1.03. The first-order chi connectivity index (χ1) is 15.6. The van der Waals surface area contributed by atoms with E-state index in [1.165, 1.54) is 12.8 Å². The number of urea groups is 1. The third-order valence-electron chi connectivity index (χ3n) is 7.75. The maximum atomic E-state index is 14.1. The first-order valence-electron chi connectivity index (χ1n) is 12.4. The fourth-order valence-electron chi connectivity index (χ4n) is 6.17. The molecule has 0 radical (unpaired) electrons. The SMILES string of the molecule is O=C1N(C2CCCCC2)C(=O)C2(CC(c3ccccc3O)=NCCN2)N1C1CCCCC1. The van der Waals surface area contributed by atoms with E-state index < -0.39 is 5.66 Å². The Balaban J connectivity index is 1.56. The second-order valence-electron chi connectivity index (χ2n) is 9.72. The molecule has 0 bridgehead atoms. The van der Waals surface area contributed by atoms with E-state index in [-0.39, 0.29) is 36.2 Å². The van der Waals surface area contributed by atoms with E-state index >= 15 is 0 Å². The summed E-state index contributed by atoms with van der Waals surface area (Å²) in [4.78, 5) is 36.3. The minimum Gasteiger partial charge on any atom is -0.507 e. The van der Waals surface area contributed by atoms with Crippen molar-refractivity contribution >= 4 is 17.6 Å². The van der Waals surface area contributed by atoms with Crippen molar-refractivity contribution in [2.75, 3.05) is 13.1 Å². The zero-order valence-electron chi connectivity index (χ0n) is 18.8. The molecule has 2 N–H and O–H groups in total. The van der Waals surface area contributed by atoms with Gasteiger partial charge in [-0.1, -0.05) is 50.7 Å². The zero-order chi connectivity index (χ0) is 22.1. The molecule has 1 saturated heterocycles. The predicted molar refractivity (Wildman–Crippen MR) is 123 cm³/mol. The number of carbonyl (C=O) groups is 2. The number of nitrogens with one attached hydrogen (secondary N) is 1. The van der Waals surface area contributed by atoms with E-state index in [9.17, 15) is 14.7 Å². The van der Waals surface area contributed by atoms with Crippen LogP contribution in [0, 0.1) is 0 Å². The molecule has 7 nitrogen and oxygen atoms in total. The number of nitrogens with zero attached hydrogens (tertiary/aromatic N) is 3. The van der Waals surface area contributed by atoms with E-state index in [1.807, 2.05) is 17.0 Å². The number of amides is 3. The highest BCUT2D eigenvalue weighted by Gasteiger charge is 2.61. The Morgan fingerprint density at radius 1 is 0.938 bits per heavy atom. The quantitative estimate of drug-likeness (QED) is 0.703. The Kier molecular flexibility index (Phi) is 5.93. The summed E-state index contributed by atoms with van der Waals surface area (Å²) in [5, 5.41) is 14.0. The summed E-state index contributed by atoms with van der Waals surface area (Å²) in [7, 11) is 0. The van der Waals surface area contributed by atoms with Crippen molar-refractivity contribution in [2.45, 2.75) is 88.4 Å².